The van der Waals surface area contributed by atoms with Crippen molar-refractivity contribution in [2.75, 3.05) is 19.8 Å². The molecule has 0 saturated carbocycles. The largest absolute Gasteiger partial charge is 0.481 e. The van der Waals surface area contributed by atoms with Crippen LogP contribution in [0.5, 0.6) is 0 Å². The highest BCUT2D eigenvalue weighted by Crippen LogP contribution is 1.93. The Morgan fingerprint density at radius 1 is 1.31 bits per heavy atom. The molecule has 0 aliphatic carbocycles. The zero-order valence-corrected chi connectivity index (χ0v) is 8.45. The fraction of sp³-hybridized carbons (Fsp3) is 0.889. The van der Waals surface area contributed by atoms with E-state index in [0.29, 0.717) is 6.61 Å². The minimum Gasteiger partial charge on any atom is -0.481 e. The third kappa shape index (κ3) is 34.6. The van der Waals surface area contributed by atoms with Gasteiger partial charge in [0.15, 0.2) is 0 Å². The van der Waals surface area contributed by atoms with Crippen LogP contribution in [0.25, 0.3) is 0 Å². The Labute approximate surface area is 79.5 Å². The second-order valence-corrected chi connectivity index (χ2v) is 2.56. The highest BCUT2D eigenvalue weighted by atomic mass is 16.5. The number of rotatable bonds is 6. The van der Waals surface area contributed by atoms with Crippen molar-refractivity contribution in [2.45, 2.75) is 33.1 Å². The van der Waals surface area contributed by atoms with Crippen molar-refractivity contribution < 1.29 is 19.7 Å². The molecule has 0 spiro atoms. The van der Waals surface area contributed by atoms with Gasteiger partial charge in [0.25, 0.3) is 5.97 Å². The van der Waals surface area contributed by atoms with Gasteiger partial charge in [0.05, 0.1) is 13.2 Å². The number of aliphatic hydroxyl groups excluding tert-OH is 1. The first-order chi connectivity index (χ1) is 6.15. The molecule has 0 heterocycles. The summed E-state index contributed by atoms with van der Waals surface area (Å²) >= 11 is 0. The van der Waals surface area contributed by atoms with Gasteiger partial charge in [-0.3, -0.25) is 4.79 Å². The van der Waals surface area contributed by atoms with Crippen molar-refractivity contribution in [1.82, 2.24) is 0 Å². The summed E-state index contributed by atoms with van der Waals surface area (Å²) in [5, 5.41) is 15.7. The van der Waals surface area contributed by atoms with Crippen molar-refractivity contribution in [3.05, 3.63) is 0 Å². The van der Waals surface area contributed by atoms with Crippen LogP contribution in [0.15, 0.2) is 0 Å². The van der Waals surface area contributed by atoms with Crippen LogP contribution in [0.3, 0.4) is 0 Å². The predicted molar refractivity (Wildman–Crippen MR) is 50.7 cm³/mol. The van der Waals surface area contributed by atoms with Crippen LogP contribution < -0.4 is 0 Å². The van der Waals surface area contributed by atoms with E-state index in [-0.39, 0.29) is 6.61 Å². The summed E-state index contributed by atoms with van der Waals surface area (Å²) in [5.74, 6) is -0.833. The summed E-state index contributed by atoms with van der Waals surface area (Å²) in [6, 6.07) is 0. The molecule has 0 aliphatic rings. The lowest BCUT2D eigenvalue weighted by molar-refractivity contribution is -0.134. The Hall–Kier alpha value is -0.610. The minimum absolute atomic E-state index is 0.145. The second kappa shape index (κ2) is 13.9. The lowest BCUT2D eigenvalue weighted by atomic mass is 10.3. The fourth-order valence-electron chi connectivity index (χ4n) is 0.621. The van der Waals surface area contributed by atoms with Gasteiger partial charge in [-0.25, -0.2) is 0 Å². The Morgan fingerprint density at radius 3 is 2.23 bits per heavy atom. The number of aliphatic carboxylic acids is 1. The number of carbonyl (C=O) groups is 1. The van der Waals surface area contributed by atoms with Crippen LogP contribution in [0.2, 0.25) is 0 Å². The Bertz CT molecular complexity index is 93.8. The number of hydrogen-bond acceptors (Lipinski definition) is 3. The van der Waals surface area contributed by atoms with Crippen molar-refractivity contribution in [3.63, 3.8) is 0 Å². The molecule has 0 bridgehead atoms. The fourth-order valence-corrected chi connectivity index (χ4v) is 0.621. The van der Waals surface area contributed by atoms with Gasteiger partial charge in [-0.05, 0) is 6.42 Å². The molecule has 4 heteroatoms. The monoisotopic (exact) mass is 192 g/mol. The molecule has 80 valence electrons. The first-order valence-corrected chi connectivity index (χ1v) is 4.53. The van der Waals surface area contributed by atoms with Crippen molar-refractivity contribution >= 4 is 5.97 Å². The highest BCUT2D eigenvalue weighted by molar-refractivity contribution is 5.62. The second-order valence-electron chi connectivity index (χ2n) is 2.56. The van der Waals surface area contributed by atoms with Crippen LogP contribution >= 0.6 is 0 Å². The van der Waals surface area contributed by atoms with Gasteiger partial charge in [-0.1, -0.05) is 19.8 Å². The highest BCUT2D eigenvalue weighted by Gasteiger charge is 1.85. The third-order valence-corrected chi connectivity index (χ3v) is 1.13. The molecular weight excluding hydrogens is 172 g/mol. The third-order valence-electron chi connectivity index (χ3n) is 1.13. The van der Waals surface area contributed by atoms with Crippen LogP contribution in [0.4, 0.5) is 0 Å². The van der Waals surface area contributed by atoms with Gasteiger partial charge in [-0.15, -0.1) is 0 Å². The van der Waals surface area contributed by atoms with Gasteiger partial charge < -0.3 is 14.9 Å². The quantitative estimate of drug-likeness (QED) is 0.622. The van der Waals surface area contributed by atoms with Crippen LogP contribution in [-0.4, -0.2) is 36.0 Å². The summed E-state index contributed by atoms with van der Waals surface area (Å²) in [6.45, 7) is 4.68. The summed E-state index contributed by atoms with van der Waals surface area (Å²) < 4.78 is 5.03. The summed E-state index contributed by atoms with van der Waals surface area (Å²) in [6.07, 6.45) is 3.57. The first-order valence-electron chi connectivity index (χ1n) is 4.53. The van der Waals surface area contributed by atoms with Gasteiger partial charge in [0.1, 0.15) is 0 Å². The summed E-state index contributed by atoms with van der Waals surface area (Å²) in [4.78, 5) is 9.00. The standard InChI is InChI=1S/C7H16O2.C2H4O2/c1-2-3-4-6-9-7-5-8;1-2(3)4/h8H,2-7H2,1H3;1H3,(H,3,4). The van der Waals surface area contributed by atoms with E-state index < -0.39 is 5.97 Å². The van der Waals surface area contributed by atoms with Crippen LogP contribution in [-0.2, 0) is 9.53 Å². The van der Waals surface area contributed by atoms with Gasteiger partial charge >= 0.3 is 0 Å². The van der Waals surface area contributed by atoms with E-state index in [1.54, 1.807) is 0 Å². The molecule has 0 aliphatic heterocycles. The molecular formula is C9H20O4. The molecule has 4 nitrogen and oxygen atoms in total. The molecule has 2 N–H and O–H groups in total. The average Bonchev–Trinajstić information content (AvgIpc) is 2.03. The lowest BCUT2D eigenvalue weighted by Gasteiger charge is -1.98. The Balaban J connectivity index is 0. The van der Waals surface area contributed by atoms with E-state index in [9.17, 15) is 0 Å². The van der Waals surface area contributed by atoms with Crippen LogP contribution in [0, 0.1) is 0 Å². The molecule has 0 atom stereocenters. The molecule has 0 rings (SSSR count). The lowest BCUT2D eigenvalue weighted by Crippen LogP contribution is -2.00. The van der Waals surface area contributed by atoms with E-state index in [1.165, 1.54) is 12.8 Å². The van der Waals surface area contributed by atoms with Crippen molar-refractivity contribution in [2.24, 2.45) is 0 Å². The van der Waals surface area contributed by atoms with E-state index in [4.69, 9.17) is 19.7 Å². The molecule has 0 aromatic carbocycles. The van der Waals surface area contributed by atoms with Gasteiger partial charge in [-0.2, -0.15) is 0 Å². The zero-order valence-electron chi connectivity index (χ0n) is 8.45. The summed E-state index contributed by atoms with van der Waals surface area (Å²) in [7, 11) is 0. The van der Waals surface area contributed by atoms with Gasteiger partial charge in [0.2, 0.25) is 0 Å². The number of hydrogen-bond donors (Lipinski definition) is 2. The maximum atomic E-state index is 9.00. The average molecular weight is 192 g/mol. The van der Waals surface area contributed by atoms with Gasteiger partial charge in [0, 0.05) is 13.5 Å². The van der Waals surface area contributed by atoms with E-state index in [0.717, 1.165) is 20.0 Å². The number of unbranched alkanes of at least 4 members (excludes halogenated alkanes) is 2. The van der Waals surface area contributed by atoms with E-state index >= 15 is 0 Å². The van der Waals surface area contributed by atoms with E-state index in [1.807, 2.05) is 0 Å². The molecule has 0 aromatic rings. The predicted octanol–water partition coefficient (Wildman–Crippen LogP) is 1.28. The topological polar surface area (TPSA) is 66.8 Å². The number of carboxylic acid groups (broad SMARTS) is 1. The van der Waals surface area contributed by atoms with Crippen molar-refractivity contribution in [3.8, 4) is 0 Å². The maximum Gasteiger partial charge on any atom is 0.300 e. The molecule has 0 aromatic heterocycles. The Morgan fingerprint density at radius 2 is 1.85 bits per heavy atom. The zero-order chi connectivity index (χ0) is 10.5. The minimum atomic E-state index is -0.833. The van der Waals surface area contributed by atoms with Crippen molar-refractivity contribution in [1.29, 1.82) is 0 Å². The molecule has 0 unspecified atom stereocenters. The normalized spacial score (nSPS) is 8.85. The number of aliphatic hydroxyl groups is 1. The smallest absolute Gasteiger partial charge is 0.300 e. The maximum absolute atomic E-state index is 9.00. The molecule has 0 saturated heterocycles. The summed E-state index contributed by atoms with van der Waals surface area (Å²) in [5.41, 5.74) is 0. The number of ether oxygens (including phenoxy) is 1. The molecule has 13 heavy (non-hydrogen) atoms. The molecule has 0 fully saturated rings. The number of carboxylic acids is 1. The SMILES string of the molecule is CC(=O)O.CCCCCOCCO. The van der Waals surface area contributed by atoms with Crippen LogP contribution in [0.1, 0.15) is 33.1 Å². The molecule has 0 radical (unpaired) electrons. The molecule has 0 amide bonds. The Kier molecular flexibility index (Phi) is 16.0. The van der Waals surface area contributed by atoms with E-state index in [2.05, 4.69) is 6.92 Å². The first kappa shape index (κ1) is 14.9.